The molecule has 2 N–H and O–H groups in total. The zero-order valence-corrected chi connectivity index (χ0v) is 15.4. The van der Waals surface area contributed by atoms with Crippen LogP contribution in [0.3, 0.4) is 0 Å². The van der Waals surface area contributed by atoms with Crippen LogP contribution in [-0.2, 0) is 9.53 Å². The molecule has 0 saturated heterocycles. The van der Waals surface area contributed by atoms with Crippen LogP contribution in [0.5, 0.6) is 5.75 Å². The van der Waals surface area contributed by atoms with Crippen molar-refractivity contribution < 1.29 is 19.1 Å². The van der Waals surface area contributed by atoms with Gasteiger partial charge in [0, 0.05) is 24.3 Å². The van der Waals surface area contributed by atoms with E-state index in [4.69, 9.17) is 21.1 Å². The van der Waals surface area contributed by atoms with Crippen molar-refractivity contribution in [3.05, 3.63) is 53.1 Å². The van der Waals surface area contributed by atoms with Crippen molar-refractivity contribution in [3.8, 4) is 5.75 Å². The number of carbonyl (C=O) groups is 2. The van der Waals surface area contributed by atoms with Gasteiger partial charge in [0.2, 0.25) is 5.91 Å². The van der Waals surface area contributed by atoms with Gasteiger partial charge >= 0.3 is 5.97 Å². The van der Waals surface area contributed by atoms with Crippen LogP contribution in [0.1, 0.15) is 23.7 Å². The van der Waals surface area contributed by atoms with Crippen LogP contribution in [-0.4, -0.2) is 32.1 Å². The standard InChI is InChI=1S/C19H21ClN2O4/c1-3-26-19(24)14-6-4-5-7-16(14)21-11-10-18(23)22-13-8-9-17(25-2)15(20)12-13/h4-9,12,21H,3,10-11H2,1-2H3,(H,22,23). The molecule has 0 saturated carbocycles. The highest BCUT2D eigenvalue weighted by molar-refractivity contribution is 6.32. The van der Waals surface area contributed by atoms with Crippen molar-refractivity contribution in [1.82, 2.24) is 0 Å². The second kappa shape index (κ2) is 9.68. The number of halogens is 1. The Morgan fingerprint density at radius 1 is 1.15 bits per heavy atom. The number of nitrogens with one attached hydrogen (secondary N) is 2. The molecular formula is C19H21ClN2O4. The number of ether oxygens (including phenoxy) is 2. The van der Waals surface area contributed by atoms with Gasteiger partial charge in [-0.25, -0.2) is 4.79 Å². The van der Waals surface area contributed by atoms with Crippen LogP contribution < -0.4 is 15.4 Å². The van der Waals surface area contributed by atoms with E-state index in [1.807, 2.05) is 6.07 Å². The average molecular weight is 377 g/mol. The molecule has 0 spiro atoms. The van der Waals surface area contributed by atoms with E-state index in [1.165, 1.54) is 7.11 Å². The van der Waals surface area contributed by atoms with Crippen molar-refractivity contribution in [2.45, 2.75) is 13.3 Å². The smallest absolute Gasteiger partial charge is 0.340 e. The molecule has 1 amide bonds. The Kier molecular flexibility index (Phi) is 7.29. The number of methoxy groups -OCH3 is 1. The molecule has 6 nitrogen and oxygen atoms in total. The largest absolute Gasteiger partial charge is 0.495 e. The van der Waals surface area contributed by atoms with Crippen LogP contribution in [0.15, 0.2) is 42.5 Å². The SMILES string of the molecule is CCOC(=O)c1ccccc1NCCC(=O)Nc1ccc(OC)c(Cl)c1. The summed E-state index contributed by atoms with van der Waals surface area (Å²) in [6.45, 7) is 2.43. The molecule has 0 fully saturated rings. The van der Waals surface area contributed by atoms with E-state index >= 15 is 0 Å². The number of hydrogen-bond acceptors (Lipinski definition) is 5. The molecule has 138 valence electrons. The monoisotopic (exact) mass is 376 g/mol. The highest BCUT2D eigenvalue weighted by Crippen LogP contribution is 2.27. The zero-order valence-electron chi connectivity index (χ0n) is 14.7. The summed E-state index contributed by atoms with van der Waals surface area (Å²) < 4.78 is 10.1. The molecule has 0 bridgehead atoms. The van der Waals surface area contributed by atoms with Gasteiger partial charge in [0.25, 0.3) is 0 Å². The summed E-state index contributed by atoms with van der Waals surface area (Å²) in [5.41, 5.74) is 1.66. The van der Waals surface area contributed by atoms with Crippen LogP contribution in [0.4, 0.5) is 11.4 Å². The number of esters is 1. The summed E-state index contributed by atoms with van der Waals surface area (Å²) in [5.74, 6) is -0.0258. The minimum absolute atomic E-state index is 0.174. The Balaban J connectivity index is 1.89. The first-order chi connectivity index (χ1) is 12.5. The minimum atomic E-state index is -0.395. The lowest BCUT2D eigenvalue weighted by Gasteiger charge is -2.11. The maximum Gasteiger partial charge on any atom is 0.340 e. The Hall–Kier alpha value is -2.73. The number of hydrogen-bond donors (Lipinski definition) is 2. The zero-order chi connectivity index (χ0) is 18.9. The van der Waals surface area contributed by atoms with E-state index in [-0.39, 0.29) is 12.3 Å². The maximum absolute atomic E-state index is 12.1. The molecule has 2 aromatic carbocycles. The van der Waals surface area contributed by atoms with Gasteiger partial charge in [-0.15, -0.1) is 0 Å². The summed E-state index contributed by atoms with van der Waals surface area (Å²) in [4.78, 5) is 24.0. The molecule has 0 atom stereocenters. The van der Waals surface area contributed by atoms with Crippen molar-refractivity contribution in [1.29, 1.82) is 0 Å². The number of anilines is 2. The summed E-state index contributed by atoms with van der Waals surface area (Å²) in [6, 6.07) is 12.1. The summed E-state index contributed by atoms with van der Waals surface area (Å²) in [7, 11) is 1.53. The van der Waals surface area contributed by atoms with Crippen LogP contribution >= 0.6 is 11.6 Å². The molecule has 0 unspecified atom stereocenters. The fourth-order valence-electron chi connectivity index (χ4n) is 2.30. The topological polar surface area (TPSA) is 76.7 Å². The fourth-order valence-corrected chi connectivity index (χ4v) is 2.56. The minimum Gasteiger partial charge on any atom is -0.495 e. The van der Waals surface area contributed by atoms with E-state index in [1.54, 1.807) is 43.3 Å². The molecule has 2 rings (SSSR count). The molecule has 0 aliphatic rings. The summed E-state index contributed by atoms with van der Waals surface area (Å²) in [5, 5.41) is 6.28. The fraction of sp³-hybridized carbons (Fsp3) is 0.263. The molecule has 0 aromatic heterocycles. The van der Waals surface area contributed by atoms with Gasteiger partial charge in [0.1, 0.15) is 5.75 Å². The van der Waals surface area contributed by atoms with Gasteiger partial charge in [-0.3, -0.25) is 4.79 Å². The van der Waals surface area contributed by atoms with Gasteiger partial charge in [-0.2, -0.15) is 0 Å². The summed E-state index contributed by atoms with van der Waals surface area (Å²) >= 11 is 6.04. The molecule has 0 radical (unpaired) electrons. The third-order valence-electron chi connectivity index (χ3n) is 3.53. The highest BCUT2D eigenvalue weighted by atomic mass is 35.5. The predicted octanol–water partition coefficient (Wildman–Crippen LogP) is 3.97. The van der Waals surface area contributed by atoms with E-state index < -0.39 is 5.97 Å². The summed E-state index contributed by atoms with van der Waals surface area (Å²) in [6.07, 6.45) is 0.223. The van der Waals surface area contributed by atoms with Gasteiger partial charge in [0.05, 0.1) is 24.3 Å². The van der Waals surface area contributed by atoms with Crippen molar-refractivity contribution >= 4 is 34.9 Å². The van der Waals surface area contributed by atoms with Gasteiger partial charge in [-0.05, 0) is 37.3 Å². The molecule has 7 heteroatoms. The lowest BCUT2D eigenvalue weighted by Crippen LogP contribution is -2.17. The maximum atomic E-state index is 12.1. The van der Waals surface area contributed by atoms with Crippen molar-refractivity contribution in [3.63, 3.8) is 0 Å². The molecule has 0 aliphatic carbocycles. The number of amides is 1. The van der Waals surface area contributed by atoms with E-state index in [9.17, 15) is 9.59 Å². The average Bonchev–Trinajstić information content (AvgIpc) is 2.62. The Morgan fingerprint density at radius 3 is 2.62 bits per heavy atom. The third-order valence-corrected chi connectivity index (χ3v) is 3.82. The normalized spacial score (nSPS) is 10.1. The van der Waals surface area contributed by atoms with Crippen molar-refractivity contribution in [2.75, 3.05) is 30.9 Å². The molecule has 2 aromatic rings. The second-order valence-corrected chi connectivity index (χ2v) is 5.75. The van der Waals surface area contributed by atoms with Gasteiger partial charge < -0.3 is 20.1 Å². The van der Waals surface area contributed by atoms with Gasteiger partial charge in [-0.1, -0.05) is 23.7 Å². The number of benzene rings is 2. The first-order valence-electron chi connectivity index (χ1n) is 8.18. The number of para-hydroxylation sites is 1. The molecule has 26 heavy (non-hydrogen) atoms. The van der Waals surface area contributed by atoms with E-state index in [0.29, 0.717) is 40.9 Å². The van der Waals surface area contributed by atoms with Crippen LogP contribution in [0, 0.1) is 0 Å². The van der Waals surface area contributed by atoms with E-state index in [0.717, 1.165) is 0 Å². The first kappa shape index (κ1) is 19.6. The highest BCUT2D eigenvalue weighted by Gasteiger charge is 2.12. The van der Waals surface area contributed by atoms with Gasteiger partial charge in [0.15, 0.2) is 0 Å². The van der Waals surface area contributed by atoms with Crippen LogP contribution in [0.25, 0.3) is 0 Å². The second-order valence-electron chi connectivity index (χ2n) is 5.34. The quantitative estimate of drug-likeness (QED) is 0.682. The lowest BCUT2D eigenvalue weighted by molar-refractivity contribution is -0.115. The Bertz CT molecular complexity index is 780. The van der Waals surface area contributed by atoms with E-state index in [2.05, 4.69) is 10.6 Å². The lowest BCUT2D eigenvalue weighted by atomic mass is 10.1. The number of carbonyl (C=O) groups excluding carboxylic acids is 2. The molecule has 0 heterocycles. The Labute approximate surface area is 157 Å². The Morgan fingerprint density at radius 2 is 1.92 bits per heavy atom. The predicted molar refractivity (Wildman–Crippen MR) is 102 cm³/mol. The number of rotatable bonds is 8. The molecule has 0 aliphatic heterocycles. The first-order valence-corrected chi connectivity index (χ1v) is 8.56. The third kappa shape index (κ3) is 5.39. The van der Waals surface area contributed by atoms with Crippen molar-refractivity contribution in [2.24, 2.45) is 0 Å². The van der Waals surface area contributed by atoms with Crippen LogP contribution in [0.2, 0.25) is 5.02 Å². The molecular weight excluding hydrogens is 356 g/mol.